The van der Waals surface area contributed by atoms with Crippen LogP contribution in [0.3, 0.4) is 0 Å². The van der Waals surface area contributed by atoms with E-state index in [0.29, 0.717) is 13.2 Å². The molecule has 0 unspecified atom stereocenters. The predicted molar refractivity (Wildman–Crippen MR) is 100.0 cm³/mol. The Morgan fingerprint density at radius 2 is 1.64 bits per heavy atom. The molecule has 1 N–H and O–H groups in total. The summed E-state index contributed by atoms with van der Waals surface area (Å²) in [5.41, 5.74) is 2.27. The second-order valence-corrected chi connectivity index (χ2v) is 7.71. The highest BCUT2D eigenvalue weighted by molar-refractivity contribution is 7.89. The predicted octanol–water partition coefficient (Wildman–Crippen LogP) is 3.64. The van der Waals surface area contributed by atoms with Gasteiger partial charge in [-0.25, -0.2) is 13.1 Å². The monoisotopic (exact) mass is 355 g/mol. The van der Waals surface area contributed by atoms with E-state index in [1.165, 1.54) is 5.56 Å². The van der Waals surface area contributed by atoms with Crippen LogP contribution in [0.4, 0.5) is 0 Å². The largest absolute Gasteiger partial charge is 0.375 e. The number of ether oxygens (including phenoxy) is 1. The number of benzene rings is 3. The second-order valence-electron chi connectivity index (χ2n) is 5.94. The Hall–Kier alpha value is -2.21. The van der Waals surface area contributed by atoms with Crippen LogP contribution in [0.15, 0.2) is 71.6 Å². The number of hydrogen-bond acceptors (Lipinski definition) is 3. The summed E-state index contributed by atoms with van der Waals surface area (Å²) in [5, 5.41) is 1.92. The first kappa shape index (κ1) is 17.6. The molecular weight excluding hydrogens is 334 g/mol. The number of sulfonamides is 1. The third-order valence-corrected chi connectivity index (χ3v) is 5.42. The van der Waals surface area contributed by atoms with E-state index in [2.05, 4.69) is 4.72 Å². The lowest BCUT2D eigenvalue weighted by atomic mass is 10.1. The highest BCUT2D eigenvalue weighted by Gasteiger charge is 2.13. The molecular formula is C20H21NO3S. The molecule has 5 heteroatoms. The number of fused-ring (bicyclic) bond motifs is 1. The molecule has 0 aromatic heterocycles. The van der Waals surface area contributed by atoms with Gasteiger partial charge in [-0.05, 0) is 35.4 Å². The van der Waals surface area contributed by atoms with Crippen molar-refractivity contribution in [2.75, 3.05) is 13.2 Å². The lowest BCUT2D eigenvalue weighted by Gasteiger charge is -2.09. The van der Waals surface area contributed by atoms with Crippen molar-refractivity contribution in [3.8, 4) is 0 Å². The van der Waals surface area contributed by atoms with Gasteiger partial charge in [-0.1, -0.05) is 60.2 Å². The first-order chi connectivity index (χ1) is 12.0. The van der Waals surface area contributed by atoms with Crippen LogP contribution < -0.4 is 4.72 Å². The summed E-state index contributed by atoms with van der Waals surface area (Å²) in [6, 6.07) is 20.9. The van der Waals surface area contributed by atoms with Crippen molar-refractivity contribution in [3.63, 3.8) is 0 Å². The number of hydrogen-bond donors (Lipinski definition) is 1. The van der Waals surface area contributed by atoms with Gasteiger partial charge >= 0.3 is 0 Å². The molecule has 0 bridgehead atoms. The van der Waals surface area contributed by atoms with Crippen LogP contribution >= 0.6 is 0 Å². The van der Waals surface area contributed by atoms with Gasteiger partial charge in [0.1, 0.15) is 0 Å². The van der Waals surface area contributed by atoms with Crippen molar-refractivity contribution in [2.45, 2.75) is 18.4 Å². The topological polar surface area (TPSA) is 55.4 Å². The molecule has 0 aliphatic heterocycles. The zero-order valence-electron chi connectivity index (χ0n) is 14.1. The van der Waals surface area contributed by atoms with Crippen LogP contribution in [-0.2, 0) is 21.4 Å². The maximum absolute atomic E-state index is 12.4. The van der Waals surface area contributed by atoms with Gasteiger partial charge in [-0.15, -0.1) is 0 Å². The summed E-state index contributed by atoms with van der Waals surface area (Å²) in [5.74, 6) is 0. The zero-order valence-corrected chi connectivity index (χ0v) is 14.9. The first-order valence-electron chi connectivity index (χ1n) is 8.16. The highest BCUT2D eigenvalue weighted by atomic mass is 32.2. The summed E-state index contributed by atoms with van der Waals surface area (Å²) in [4.78, 5) is 0.268. The molecule has 0 saturated carbocycles. The SMILES string of the molecule is Cc1ccc(COCCNS(=O)(=O)c2ccc3ccccc3c2)cc1. The zero-order chi connectivity index (χ0) is 17.7. The van der Waals surface area contributed by atoms with E-state index in [-0.39, 0.29) is 11.4 Å². The maximum Gasteiger partial charge on any atom is 0.240 e. The fraction of sp³-hybridized carbons (Fsp3) is 0.200. The molecule has 0 amide bonds. The van der Waals surface area contributed by atoms with Crippen molar-refractivity contribution in [3.05, 3.63) is 77.9 Å². The summed E-state index contributed by atoms with van der Waals surface area (Å²) in [7, 11) is -3.53. The standard InChI is InChI=1S/C20H21NO3S/c1-16-6-8-17(9-7-16)15-24-13-12-21-25(22,23)20-11-10-18-4-2-3-5-19(18)14-20/h2-11,14,21H,12-13,15H2,1H3. The third-order valence-electron chi connectivity index (χ3n) is 3.96. The van der Waals surface area contributed by atoms with E-state index in [0.717, 1.165) is 16.3 Å². The average Bonchev–Trinajstić information content (AvgIpc) is 2.62. The van der Waals surface area contributed by atoms with Crippen LogP contribution in [0.5, 0.6) is 0 Å². The Morgan fingerprint density at radius 3 is 2.40 bits per heavy atom. The van der Waals surface area contributed by atoms with Crippen molar-refractivity contribution >= 4 is 20.8 Å². The molecule has 4 nitrogen and oxygen atoms in total. The minimum Gasteiger partial charge on any atom is -0.375 e. The van der Waals surface area contributed by atoms with E-state index in [1.807, 2.05) is 61.5 Å². The highest BCUT2D eigenvalue weighted by Crippen LogP contribution is 2.18. The molecule has 3 aromatic rings. The number of aryl methyl sites for hydroxylation is 1. The molecule has 3 rings (SSSR count). The Bertz CT molecular complexity index is 950. The van der Waals surface area contributed by atoms with E-state index >= 15 is 0 Å². The molecule has 0 atom stereocenters. The Morgan fingerprint density at radius 1 is 0.920 bits per heavy atom. The first-order valence-corrected chi connectivity index (χ1v) is 9.65. The van der Waals surface area contributed by atoms with E-state index in [9.17, 15) is 8.42 Å². The third kappa shape index (κ3) is 4.66. The summed E-state index contributed by atoms with van der Waals surface area (Å²) >= 11 is 0. The van der Waals surface area contributed by atoms with Crippen LogP contribution in [-0.4, -0.2) is 21.6 Å². The fourth-order valence-corrected chi connectivity index (χ4v) is 3.59. The van der Waals surface area contributed by atoms with Gasteiger partial charge in [0.2, 0.25) is 10.0 Å². The molecule has 0 saturated heterocycles. The van der Waals surface area contributed by atoms with Gasteiger partial charge in [-0.3, -0.25) is 0 Å². The van der Waals surface area contributed by atoms with Crippen LogP contribution in [0.1, 0.15) is 11.1 Å². The lowest BCUT2D eigenvalue weighted by Crippen LogP contribution is -2.27. The smallest absolute Gasteiger partial charge is 0.240 e. The van der Waals surface area contributed by atoms with Gasteiger partial charge in [0, 0.05) is 6.54 Å². The Balaban J connectivity index is 1.53. The summed E-state index contributed by atoms with van der Waals surface area (Å²) < 4.78 is 32.9. The summed E-state index contributed by atoms with van der Waals surface area (Å²) in [6.07, 6.45) is 0. The molecule has 0 aliphatic carbocycles. The minimum absolute atomic E-state index is 0.237. The quantitative estimate of drug-likeness (QED) is 0.658. The van der Waals surface area contributed by atoms with Gasteiger partial charge in [0.15, 0.2) is 0 Å². The molecule has 130 valence electrons. The van der Waals surface area contributed by atoms with Crippen LogP contribution in [0.25, 0.3) is 10.8 Å². The minimum atomic E-state index is -3.53. The molecule has 25 heavy (non-hydrogen) atoms. The van der Waals surface area contributed by atoms with Crippen molar-refractivity contribution < 1.29 is 13.2 Å². The maximum atomic E-state index is 12.4. The molecule has 0 heterocycles. The molecule has 0 spiro atoms. The van der Waals surface area contributed by atoms with Crippen molar-refractivity contribution in [1.82, 2.24) is 4.72 Å². The normalized spacial score (nSPS) is 11.7. The number of nitrogens with one attached hydrogen (secondary N) is 1. The molecule has 0 fully saturated rings. The molecule has 0 aliphatic rings. The van der Waals surface area contributed by atoms with Crippen LogP contribution in [0.2, 0.25) is 0 Å². The van der Waals surface area contributed by atoms with Crippen molar-refractivity contribution in [1.29, 1.82) is 0 Å². The second kappa shape index (κ2) is 7.78. The average molecular weight is 355 g/mol. The fourth-order valence-electron chi connectivity index (χ4n) is 2.54. The van der Waals surface area contributed by atoms with E-state index < -0.39 is 10.0 Å². The lowest BCUT2D eigenvalue weighted by molar-refractivity contribution is 0.126. The van der Waals surface area contributed by atoms with E-state index in [4.69, 9.17) is 4.74 Å². The van der Waals surface area contributed by atoms with Gasteiger partial charge in [-0.2, -0.15) is 0 Å². The van der Waals surface area contributed by atoms with Crippen molar-refractivity contribution in [2.24, 2.45) is 0 Å². The Kier molecular flexibility index (Phi) is 5.48. The molecule has 0 radical (unpaired) electrons. The number of rotatable bonds is 7. The van der Waals surface area contributed by atoms with Gasteiger partial charge in [0.05, 0.1) is 18.1 Å². The summed E-state index contributed by atoms with van der Waals surface area (Å²) in [6.45, 7) is 3.06. The van der Waals surface area contributed by atoms with Crippen LogP contribution in [0, 0.1) is 6.92 Å². The molecule has 3 aromatic carbocycles. The Labute approximate surface area is 148 Å². The van der Waals surface area contributed by atoms with E-state index in [1.54, 1.807) is 12.1 Å². The van der Waals surface area contributed by atoms with Gasteiger partial charge < -0.3 is 4.74 Å². The van der Waals surface area contributed by atoms with Gasteiger partial charge in [0.25, 0.3) is 0 Å².